The van der Waals surface area contributed by atoms with E-state index in [9.17, 15) is 22.8 Å². The van der Waals surface area contributed by atoms with Gasteiger partial charge in [-0.05, 0) is 17.7 Å². The monoisotopic (exact) mass is 417 g/mol. The van der Waals surface area contributed by atoms with E-state index in [0.717, 1.165) is 34.0 Å². The topological polar surface area (TPSA) is 132 Å². The molecule has 28 heavy (non-hydrogen) atoms. The molecule has 0 atom stereocenters. The lowest BCUT2D eigenvalue weighted by Crippen LogP contribution is -2.46. The number of rotatable bonds is 2. The summed E-state index contributed by atoms with van der Waals surface area (Å²) in [5, 5.41) is 9.89. The van der Waals surface area contributed by atoms with Crippen LogP contribution >= 0.6 is 11.6 Å². The summed E-state index contributed by atoms with van der Waals surface area (Å²) in [6, 6.07) is 3.75. The van der Waals surface area contributed by atoms with Gasteiger partial charge in [-0.25, -0.2) is 10.5 Å². The lowest BCUT2D eigenvalue weighted by Gasteiger charge is -2.16. The number of carbonyl (C=O) groups is 1. The molecule has 1 aromatic heterocycles. The summed E-state index contributed by atoms with van der Waals surface area (Å²) >= 11 is 6.18. The Morgan fingerprint density at radius 1 is 1.32 bits per heavy atom. The smallest absolute Gasteiger partial charge is 0.320 e. The van der Waals surface area contributed by atoms with Crippen molar-refractivity contribution in [2.45, 2.75) is 6.18 Å². The molecule has 2 aromatic rings. The minimum absolute atomic E-state index is 0.0821. The maximum absolute atomic E-state index is 12.7. The fraction of sp³-hybridized carbons (Fsp3) is 0.200. The summed E-state index contributed by atoms with van der Waals surface area (Å²) in [7, 11) is 2.62. The number of hydrazone groups is 1. The van der Waals surface area contributed by atoms with Gasteiger partial charge in [-0.3, -0.25) is 19.9 Å². The van der Waals surface area contributed by atoms with Gasteiger partial charge in [-0.1, -0.05) is 23.7 Å². The van der Waals surface area contributed by atoms with E-state index >= 15 is 0 Å². The molecule has 0 aliphatic carbocycles. The number of nitrogens with zero attached hydrogens (tertiary/aromatic N) is 4. The van der Waals surface area contributed by atoms with E-state index in [1.807, 2.05) is 0 Å². The number of carbonyl (C=O) groups excluding carboxylic acids is 1. The Morgan fingerprint density at radius 2 is 1.89 bits per heavy atom. The standard InChI is InChI=1S/C15H15ClF3N7O2/c1-25(21)14(23-20)22-12(27)11-10(16)9(13(28)26(2)24-11)7-3-5-8(6-4-7)15(17,18)19/h3-6H,20-21H2,1-2H3,(H,22,23,27). The van der Waals surface area contributed by atoms with Crippen molar-refractivity contribution in [3.8, 4) is 11.1 Å². The summed E-state index contributed by atoms with van der Waals surface area (Å²) in [4.78, 5) is 24.9. The molecular weight excluding hydrogens is 403 g/mol. The van der Waals surface area contributed by atoms with E-state index < -0.39 is 23.2 Å². The molecule has 0 fully saturated rings. The van der Waals surface area contributed by atoms with Gasteiger partial charge in [0.2, 0.25) is 5.96 Å². The number of hydrogen-bond acceptors (Lipinski definition) is 6. The minimum atomic E-state index is -4.54. The first-order chi connectivity index (χ1) is 13.0. The minimum Gasteiger partial charge on any atom is -0.320 e. The predicted molar refractivity (Wildman–Crippen MR) is 96.0 cm³/mol. The Labute approximate surface area is 161 Å². The number of hydrogen-bond donors (Lipinski definition) is 3. The highest BCUT2D eigenvalue weighted by molar-refractivity contribution is 6.36. The molecule has 0 spiro atoms. The van der Waals surface area contributed by atoms with Gasteiger partial charge in [0.15, 0.2) is 5.69 Å². The van der Waals surface area contributed by atoms with Crippen LogP contribution in [0.2, 0.25) is 5.02 Å². The van der Waals surface area contributed by atoms with Crippen LogP contribution in [-0.4, -0.2) is 33.7 Å². The highest BCUT2D eigenvalue weighted by atomic mass is 35.5. The average Bonchev–Trinajstić information content (AvgIpc) is 2.62. The lowest BCUT2D eigenvalue weighted by atomic mass is 10.0. The summed E-state index contributed by atoms with van der Waals surface area (Å²) in [6.45, 7) is 0. The first-order valence-electron chi connectivity index (χ1n) is 7.49. The number of nitrogens with two attached hydrogens (primary N) is 2. The van der Waals surface area contributed by atoms with Crippen LogP contribution in [0.15, 0.2) is 34.2 Å². The average molecular weight is 418 g/mol. The zero-order chi connectivity index (χ0) is 21.2. The summed E-state index contributed by atoms with van der Waals surface area (Å²) in [5.74, 6) is 9.46. The number of amides is 1. The molecule has 13 heteroatoms. The second-order valence-electron chi connectivity index (χ2n) is 5.56. The van der Waals surface area contributed by atoms with E-state index in [1.54, 1.807) is 0 Å². The molecule has 0 saturated heterocycles. The Kier molecular flexibility index (Phi) is 5.95. The van der Waals surface area contributed by atoms with E-state index in [4.69, 9.17) is 23.3 Å². The van der Waals surface area contributed by atoms with Crippen molar-refractivity contribution in [2.24, 2.45) is 23.8 Å². The summed E-state index contributed by atoms with van der Waals surface area (Å²) < 4.78 is 39.1. The second kappa shape index (κ2) is 7.86. The molecule has 0 unspecified atom stereocenters. The Morgan fingerprint density at radius 3 is 2.36 bits per heavy atom. The highest BCUT2D eigenvalue weighted by Gasteiger charge is 2.30. The van der Waals surface area contributed by atoms with Crippen LogP contribution in [0.25, 0.3) is 11.1 Å². The molecule has 1 aromatic carbocycles. The van der Waals surface area contributed by atoms with Crippen molar-refractivity contribution in [1.82, 2.24) is 20.1 Å². The molecule has 1 heterocycles. The van der Waals surface area contributed by atoms with Crippen molar-refractivity contribution in [3.63, 3.8) is 0 Å². The Balaban J connectivity index is 2.55. The largest absolute Gasteiger partial charge is 0.416 e. The number of guanidine groups is 1. The van der Waals surface area contributed by atoms with Gasteiger partial charge < -0.3 is 5.84 Å². The van der Waals surface area contributed by atoms with Crippen LogP contribution in [0.5, 0.6) is 0 Å². The van der Waals surface area contributed by atoms with Gasteiger partial charge in [0.1, 0.15) is 0 Å². The van der Waals surface area contributed by atoms with Crippen molar-refractivity contribution in [3.05, 3.63) is 50.9 Å². The SMILES string of the molecule is CN(N)C(=NN)NC(=O)c1nn(C)c(=O)c(-c2ccc(C(F)(F)F)cc2)c1Cl. The molecule has 1 amide bonds. The summed E-state index contributed by atoms with van der Waals surface area (Å²) in [5.41, 5.74) is -2.08. The molecule has 0 aliphatic rings. The Bertz CT molecular complexity index is 985. The normalized spacial score (nSPS) is 12.0. The molecule has 0 bridgehead atoms. The number of halogens is 4. The number of nitrogens with one attached hydrogen (secondary N) is 1. The number of hydrazine groups is 1. The number of benzene rings is 1. The fourth-order valence-corrected chi connectivity index (χ4v) is 2.52. The van der Waals surface area contributed by atoms with Crippen LogP contribution in [-0.2, 0) is 13.2 Å². The van der Waals surface area contributed by atoms with Crippen LogP contribution in [0.3, 0.4) is 0 Å². The van der Waals surface area contributed by atoms with Gasteiger partial charge in [0, 0.05) is 14.1 Å². The first kappa shape index (κ1) is 21.2. The van der Waals surface area contributed by atoms with E-state index in [-0.39, 0.29) is 27.8 Å². The third-order valence-corrected chi connectivity index (χ3v) is 3.95. The third-order valence-electron chi connectivity index (χ3n) is 3.58. The van der Waals surface area contributed by atoms with Crippen molar-refractivity contribution >= 4 is 23.5 Å². The zero-order valence-electron chi connectivity index (χ0n) is 14.6. The van der Waals surface area contributed by atoms with Crippen LogP contribution < -0.4 is 22.6 Å². The van der Waals surface area contributed by atoms with Crippen molar-refractivity contribution in [1.29, 1.82) is 0 Å². The van der Waals surface area contributed by atoms with Gasteiger partial charge in [0.05, 0.1) is 16.1 Å². The third kappa shape index (κ3) is 4.23. The van der Waals surface area contributed by atoms with Crippen molar-refractivity contribution < 1.29 is 18.0 Å². The lowest BCUT2D eigenvalue weighted by molar-refractivity contribution is -0.137. The molecule has 9 nitrogen and oxygen atoms in total. The maximum Gasteiger partial charge on any atom is 0.416 e. The van der Waals surface area contributed by atoms with Gasteiger partial charge >= 0.3 is 6.18 Å². The van der Waals surface area contributed by atoms with E-state index in [0.29, 0.717) is 0 Å². The first-order valence-corrected chi connectivity index (χ1v) is 7.87. The van der Waals surface area contributed by atoms with Crippen LogP contribution in [0, 0.1) is 0 Å². The van der Waals surface area contributed by atoms with Gasteiger partial charge in [-0.2, -0.15) is 18.3 Å². The van der Waals surface area contributed by atoms with Crippen molar-refractivity contribution in [2.75, 3.05) is 7.05 Å². The number of aromatic nitrogens is 2. The second-order valence-corrected chi connectivity index (χ2v) is 5.94. The molecule has 0 saturated carbocycles. The molecule has 0 radical (unpaired) electrons. The van der Waals surface area contributed by atoms with Gasteiger partial charge in [-0.15, -0.1) is 5.10 Å². The summed E-state index contributed by atoms with van der Waals surface area (Å²) in [6.07, 6.45) is -4.54. The molecule has 0 aliphatic heterocycles. The zero-order valence-corrected chi connectivity index (χ0v) is 15.3. The fourth-order valence-electron chi connectivity index (χ4n) is 2.21. The molecule has 2 rings (SSSR count). The van der Waals surface area contributed by atoms with Crippen LogP contribution in [0.1, 0.15) is 16.1 Å². The van der Waals surface area contributed by atoms with Crippen LogP contribution in [0.4, 0.5) is 13.2 Å². The van der Waals surface area contributed by atoms with Gasteiger partial charge in [0.25, 0.3) is 11.5 Å². The number of alkyl halides is 3. The Hall–Kier alpha value is -3.12. The maximum atomic E-state index is 12.7. The number of aryl methyl sites for hydroxylation is 1. The quantitative estimate of drug-likeness (QED) is 0.288. The predicted octanol–water partition coefficient (Wildman–Crippen LogP) is 0.885. The molecule has 150 valence electrons. The molecular formula is C15H15ClF3N7O2. The van der Waals surface area contributed by atoms with E-state index in [1.165, 1.54) is 14.1 Å². The van der Waals surface area contributed by atoms with E-state index in [2.05, 4.69) is 15.5 Å². The highest BCUT2D eigenvalue weighted by Crippen LogP contribution is 2.32. The molecule has 5 N–H and O–H groups in total.